The van der Waals surface area contributed by atoms with Crippen molar-refractivity contribution >= 4 is 17.6 Å². The molecule has 2 heterocycles. The van der Waals surface area contributed by atoms with Crippen molar-refractivity contribution in [3.8, 4) is 0 Å². The predicted octanol–water partition coefficient (Wildman–Crippen LogP) is 1.57. The summed E-state index contributed by atoms with van der Waals surface area (Å²) in [6, 6.07) is 9.22. The lowest BCUT2D eigenvalue weighted by atomic mass is 10.1. The lowest BCUT2D eigenvalue weighted by Crippen LogP contribution is -2.53. The zero-order valence-electron chi connectivity index (χ0n) is 16.2. The lowest BCUT2D eigenvalue weighted by Gasteiger charge is -2.36. The molecule has 6 heteroatoms. The average molecular weight is 358 g/mol. The SMILES string of the molecule is CCNC(=NCCN1c2ccccc2CC1C)N1CCN(C(C)=O)CC1. The minimum atomic E-state index is 0.160. The molecule has 1 unspecified atom stereocenters. The van der Waals surface area contributed by atoms with Crippen LogP contribution in [0.2, 0.25) is 0 Å². The van der Waals surface area contributed by atoms with Gasteiger partial charge in [-0.25, -0.2) is 0 Å². The van der Waals surface area contributed by atoms with Crippen LogP contribution < -0.4 is 10.2 Å². The smallest absolute Gasteiger partial charge is 0.219 e. The van der Waals surface area contributed by atoms with Crippen LogP contribution >= 0.6 is 0 Å². The molecule has 26 heavy (non-hydrogen) atoms. The quantitative estimate of drug-likeness (QED) is 0.656. The summed E-state index contributed by atoms with van der Waals surface area (Å²) in [4.78, 5) is 23.0. The molecule has 1 atom stereocenters. The molecule has 2 aliphatic heterocycles. The molecule has 1 saturated heterocycles. The van der Waals surface area contributed by atoms with Crippen LogP contribution in [-0.4, -0.2) is 73.5 Å². The number of nitrogens with zero attached hydrogens (tertiary/aromatic N) is 4. The van der Waals surface area contributed by atoms with Crippen LogP contribution in [0.3, 0.4) is 0 Å². The van der Waals surface area contributed by atoms with Gasteiger partial charge in [0.2, 0.25) is 5.91 Å². The Balaban J connectivity index is 1.59. The third kappa shape index (κ3) is 4.11. The Labute approximate surface area is 156 Å². The molecule has 1 fully saturated rings. The normalized spacial score (nSPS) is 20.3. The van der Waals surface area contributed by atoms with Crippen LogP contribution in [0.4, 0.5) is 5.69 Å². The Bertz CT molecular complexity index is 651. The average Bonchev–Trinajstić information content (AvgIpc) is 2.96. The van der Waals surface area contributed by atoms with Gasteiger partial charge in [-0.2, -0.15) is 0 Å². The lowest BCUT2D eigenvalue weighted by molar-refractivity contribution is -0.130. The summed E-state index contributed by atoms with van der Waals surface area (Å²) in [5, 5.41) is 3.41. The van der Waals surface area contributed by atoms with E-state index in [0.29, 0.717) is 6.04 Å². The standard InChI is InChI=1S/C20H31N5O/c1-4-21-20(24-13-11-23(12-14-24)17(3)26)22-9-10-25-16(2)15-18-7-5-6-8-19(18)25/h5-8,16H,4,9-15H2,1-3H3,(H,21,22). The fraction of sp³-hybridized carbons (Fsp3) is 0.600. The summed E-state index contributed by atoms with van der Waals surface area (Å²) in [7, 11) is 0. The molecule has 0 aliphatic carbocycles. The third-order valence-electron chi connectivity index (χ3n) is 5.31. The number of hydrogen-bond acceptors (Lipinski definition) is 3. The van der Waals surface area contributed by atoms with Crippen molar-refractivity contribution in [3.63, 3.8) is 0 Å². The number of aliphatic imine (C=N–C) groups is 1. The molecule has 0 saturated carbocycles. The van der Waals surface area contributed by atoms with Gasteiger partial charge in [-0.05, 0) is 31.9 Å². The van der Waals surface area contributed by atoms with Crippen LogP contribution in [0, 0.1) is 0 Å². The second kappa shape index (κ2) is 8.43. The molecule has 0 radical (unpaired) electrons. The third-order valence-corrected chi connectivity index (χ3v) is 5.31. The van der Waals surface area contributed by atoms with Crippen molar-refractivity contribution < 1.29 is 4.79 Å². The van der Waals surface area contributed by atoms with Crippen LogP contribution in [0.25, 0.3) is 0 Å². The largest absolute Gasteiger partial charge is 0.366 e. The van der Waals surface area contributed by atoms with Crippen molar-refractivity contribution in [1.29, 1.82) is 0 Å². The molecule has 1 aromatic rings. The first kappa shape index (κ1) is 18.5. The van der Waals surface area contributed by atoms with Gasteiger partial charge in [-0.3, -0.25) is 9.79 Å². The number of anilines is 1. The molecule has 142 valence electrons. The Hall–Kier alpha value is -2.24. The first-order chi connectivity index (χ1) is 12.6. The van der Waals surface area contributed by atoms with Crippen molar-refractivity contribution in [1.82, 2.24) is 15.1 Å². The molecule has 3 rings (SSSR count). The minimum absolute atomic E-state index is 0.160. The van der Waals surface area contributed by atoms with E-state index in [4.69, 9.17) is 4.99 Å². The summed E-state index contributed by atoms with van der Waals surface area (Å²) in [6.07, 6.45) is 1.12. The number of benzene rings is 1. The minimum Gasteiger partial charge on any atom is -0.366 e. The van der Waals surface area contributed by atoms with E-state index in [-0.39, 0.29) is 5.91 Å². The summed E-state index contributed by atoms with van der Waals surface area (Å²) < 4.78 is 0. The van der Waals surface area contributed by atoms with Gasteiger partial charge in [0.05, 0.1) is 6.54 Å². The number of guanidine groups is 1. The number of para-hydroxylation sites is 1. The highest BCUT2D eigenvalue weighted by molar-refractivity contribution is 5.80. The molecule has 1 aromatic carbocycles. The fourth-order valence-corrected chi connectivity index (χ4v) is 3.89. The zero-order valence-corrected chi connectivity index (χ0v) is 16.2. The Kier molecular flexibility index (Phi) is 6.01. The van der Waals surface area contributed by atoms with Crippen molar-refractivity contribution in [3.05, 3.63) is 29.8 Å². The van der Waals surface area contributed by atoms with E-state index in [1.54, 1.807) is 6.92 Å². The van der Waals surface area contributed by atoms with Crippen LogP contribution in [0.1, 0.15) is 26.3 Å². The monoisotopic (exact) mass is 357 g/mol. The molecule has 6 nitrogen and oxygen atoms in total. The number of nitrogens with one attached hydrogen (secondary N) is 1. The topological polar surface area (TPSA) is 51.2 Å². The number of fused-ring (bicyclic) bond motifs is 1. The Morgan fingerprint density at radius 1 is 1.19 bits per heavy atom. The highest BCUT2D eigenvalue weighted by Gasteiger charge is 2.25. The first-order valence-electron chi connectivity index (χ1n) is 9.73. The second-order valence-corrected chi connectivity index (χ2v) is 7.10. The zero-order chi connectivity index (χ0) is 18.5. The van der Waals surface area contributed by atoms with Gasteiger partial charge in [0.15, 0.2) is 5.96 Å². The van der Waals surface area contributed by atoms with Crippen LogP contribution in [0.15, 0.2) is 29.3 Å². The molecular weight excluding hydrogens is 326 g/mol. The van der Waals surface area contributed by atoms with E-state index in [0.717, 1.165) is 58.2 Å². The summed E-state index contributed by atoms with van der Waals surface area (Å²) in [5.74, 6) is 1.13. The Morgan fingerprint density at radius 2 is 1.88 bits per heavy atom. The van der Waals surface area contributed by atoms with Gasteiger partial charge in [0.1, 0.15) is 0 Å². The fourth-order valence-electron chi connectivity index (χ4n) is 3.89. The van der Waals surface area contributed by atoms with Gasteiger partial charge in [0.25, 0.3) is 0 Å². The molecule has 0 aromatic heterocycles. The summed E-state index contributed by atoms with van der Waals surface area (Å²) in [6.45, 7) is 11.8. The number of piperazine rings is 1. The summed E-state index contributed by atoms with van der Waals surface area (Å²) >= 11 is 0. The molecule has 0 bridgehead atoms. The molecular formula is C20H31N5O. The van der Waals surface area contributed by atoms with E-state index in [2.05, 4.69) is 53.2 Å². The van der Waals surface area contributed by atoms with Gasteiger partial charge >= 0.3 is 0 Å². The highest BCUT2D eigenvalue weighted by Crippen LogP contribution is 2.31. The molecule has 1 amide bonds. The van der Waals surface area contributed by atoms with E-state index < -0.39 is 0 Å². The van der Waals surface area contributed by atoms with E-state index in [1.807, 2.05) is 4.90 Å². The summed E-state index contributed by atoms with van der Waals surface area (Å²) in [5.41, 5.74) is 2.80. The molecule has 1 N–H and O–H groups in total. The maximum Gasteiger partial charge on any atom is 0.219 e. The molecule has 0 spiro atoms. The maximum absolute atomic E-state index is 11.5. The predicted molar refractivity (Wildman–Crippen MR) is 107 cm³/mol. The number of hydrogen-bond donors (Lipinski definition) is 1. The van der Waals surface area contributed by atoms with Gasteiger partial charge in [-0.15, -0.1) is 0 Å². The van der Waals surface area contributed by atoms with Crippen LogP contribution in [-0.2, 0) is 11.2 Å². The van der Waals surface area contributed by atoms with Gasteiger partial charge in [0, 0.05) is 57.9 Å². The Morgan fingerprint density at radius 3 is 2.58 bits per heavy atom. The van der Waals surface area contributed by atoms with E-state index >= 15 is 0 Å². The van der Waals surface area contributed by atoms with E-state index in [9.17, 15) is 4.79 Å². The van der Waals surface area contributed by atoms with Gasteiger partial charge in [-0.1, -0.05) is 18.2 Å². The van der Waals surface area contributed by atoms with Crippen molar-refractivity contribution in [2.24, 2.45) is 4.99 Å². The number of rotatable bonds is 4. The number of carbonyl (C=O) groups excluding carboxylic acids is 1. The van der Waals surface area contributed by atoms with Gasteiger partial charge < -0.3 is 20.0 Å². The van der Waals surface area contributed by atoms with Crippen molar-refractivity contribution in [2.45, 2.75) is 33.2 Å². The number of carbonyl (C=O) groups is 1. The van der Waals surface area contributed by atoms with Crippen molar-refractivity contribution in [2.75, 3.05) is 50.7 Å². The second-order valence-electron chi connectivity index (χ2n) is 7.10. The first-order valence-corrected chi connectivity index (χ1v) is 9.73. The highest BCUT2D eigenvalue weighted by atomic mass is 16.2. The van der Waals surface area contributed by atoms with Crippen LogP contribution in [0.5, 0.6) is 0 Å². The number of amides is 1. The molecule has 2 aliphatic rings. The maximum atomic E-state index is 11.5. The van der Waals surface area contributed by atoms with E-state index in [1.165, 1.54) is 11.3 Å².